The van der Waals surface area contributed by atoms with Gasteiger partial charge in [0.25, 0.3) is 11.5 Å². The van der Waals surface area contributed by atoms with Gasteiger partial charge in [-0.25, -0.2) is 9.78 Å². The van der Waals surface area contributed by atoms with E-state index in [2.05, 4.69) is 44.5 Å². The first kappa shape index (κ1) is 19.3. The molecule has 0 aliphatic rings. The van der Waals surface area contributed by atoms with Gasteiger partial charge in [-0.2, -0.15) is 0 Å². The highest BCUT2D eigenvalue weighted by molar-refractivity contribution is 5.95. The molecule has 3 N–H and O–H groups in total. The average molecular weight is 400 g/mol. The molecule has 0 radical (unpaired) electrons. The van der Waals surface area contributed by atoms with E-state index in [1.165, 1.54) is 11.6 Å². The third-order valence-electron chi connectivity index (χ3n) is 4.90. The number of hydrogen-bond acceptors (Lipinski definition) is 4. The van der Waals surface area contributed by atoms with Crippen molar-refractivity contribution in [3.05, 3.63) is 97.8 Å². The van der Waals surface area contributed by atoms with Crippen molar-refractivity contribution in [2.75, 3.05) is 0 Å². The molecule has 1 amide bonds. The number of pyridine rings is 1. The maximum atomic E-state index is 12.6. The maximum Gasteiger partial charge on any atom is 0.327 e. The van der Waals surface area contributed by atoms with Crippen LogP contribution in [0.3, 0.4) is 0 Å². The second kappa shape index (κ2) is 7.79. The quantitative estimate of drug-likeness (QED) is 0.489. The summed E-state index contributed by atoms with van der Waals surface area (Å²) in [6, 6.07) is 17.7. The second-order valence-electron chi connectivity index (χ2n) is 7.21. The molecule has 4 aromatic rings. The van der Waals surface area contributed by atoms with Crippen molar-refractivity contribution in [2.24, 2.45) is 0 Å². The third kappa shape index (κ3) is 3.91. The Hall–Kier alpha value is -4.00. The number of aryl methyl sites for hydroxylation is 2. The molecule has 2 aromatic heterocycles. The van der Waals surface area contributed by atoms with Gasteiger partial charge in [-0.05, 0) is 48.2 Å². The molecule has 2 aromatic carbocycles. The molecular formula is C23H20N4O3. The molecule has 0 bridgehead atoms. The van der Waals surface area contributed by atoms with E-state index in [1.807, 2.05) is 31.2 Å². The van der Waals surface area contributed by atoms with Crippen LogP contribution in [0.1, 0.15) is 27.2 Å². The summed E-state index contributed by atoms with van der Waals surface area (Å²) in [6.45, 7) is 4.06. The summed E-state index contributed by atoms with van der Waals surface area (Å²) in [5.41, 5.74) is 3.92. The largest absolute Gasteiger partial charge is 0.347 e. The molecule has 2 heterocycles. The lowest BCUT2D eigenvalue weighted by atomic mass is 10.0. The van der Waals surface area contributed by atoms with Crippen LogP contribution in [-0.2, 0) is 6.54 Å². The van der Waals surface area contributed by atoms with Crippen LogP contribution in [0.15, 0.2) is 64.2 Å². The molecule has 7 nitrogen and oxygen atoms in total. The van der Waals surface area contributed by atoms with Crippen LogP contribution >= 0.6 is 0 Å². The van der Waals surface area contributed by atoms with Crippen molar-refractivity contribution >= 4 is 16.9 Å². The van der Waals surface area contributed by atoms with Crippen molar-refractivity contribution < 1.29 is 4.79 Å². The van der Waals surface area contributed by atoms with E-state index in [-0.39, 0.29) is 22.6 Å². The van der Waals surface area contributed by atoms with Crippen LogP contribution < -0.4 is 16.6 Å². The lowest BCUT2D eigenvalue weighted by Gasteiger charge is -2.09. The average Bonchev–Trinajstić information content (AvgIpc) is 2.72. The fourth-order valence-electron chi connectivity index (χ4n) is 3.35. The van der Waals surface area contributed by atoms with E-state index in [1.54, 1.807) is 6.92 Å². The number of nitrogens with zero attached hydrogens (tertiary/aromatic N) is 1. The number of amides is 1. The van der Waals surface area contributed by atoms with Crippen LogP contribution in [0.25, 0.3) is 22.2 Å². The predicted molar refractivity (Wildman–Crippen MR) is 116 cm³/mol. The van der Waals surface area contributed by atoms with Gasteiger partial charge in [-0.15, -0.1) is 0 Å². The number of fused-ring (bicyclic) bond motifs is 1. The summed E-state index contributed by atoms with van der Waals surface area (Å²) in [4.78, 5) is 44.9. The van der Waals surface area contributed by atoms with Crippen molar-refractivity contribution in [3.8, 4) is 11.1 Å². The highest BCUT2D eigenvalue weighted by atomic mass is 16.2. The normalized spacial score (nSPS) is 10.9. The number of aromatic amines is 2. The van der Waals surface area contributed by atoms with Gasteiger partial charge in [-0.3, -0.25) is 19.6 Å². The molecule has 0 saturated carbocycles. The second-order valence-corrected chi connectivity index (χ2v) is 7.21. The van der Waals surface area contributed by atoms with Crippen LogP contribution in [0.2, 0.25) is 0 Å². The Labute approximate surface area is 171 Å². The fraction of sp³-hybridized carbons (Fsp3) is 0.130. The minimum atomic E-state index is -0.662. The highest BCUT2D eigenvalue weighted by Gasteiger charge is 2.13. The predicted octanol–water partition coefficient (Wildman–Crippen LogP) is 2.83. The number of hydrogen-bond donors (Lipinski definition) is 3. The van der Waals surface area contributed by atoms with E-state index in [0.717, 1.165) is 16.7 Å². The van der Waals surface area contributed by atoms with Crippen molar-refractivity contribution in [3.63, 3.8) is 0 Å². The minimum absolute atomic E-state index is 0.0928. The van der Waals surface area contributed by atoms with E-state index in [0.29, 0.717) is 12.1 Å². The van der Waals surface area contributed by atoms with Gasteiger partial charge in [0.1, 0.15) is 11.3 Å². The van der Waals surface area contributed by atoms with Gasteiger partial charge in [0.2, 0.25) is 0 Å². The first-order valence-corrected chi connectivity index (χ1v) is 9.49. The molecule has 150 valence electrons. The summed E-state index contributed by atoms with van der Waals surface area (Å²) in [7, 11) is 0. The van der Waals surface area contributed by atoms with Crippen molar-refractivity contribution in [1.29, 1.82) is 0 Å². The number of carbonyl (C=O) groups excluding carboxylic acids is 1. The van der Waals surface area contributed by atoms with E-state index in [4.69, 9.17) is 0 Å². The molecule has 7 heteroatoms. The molecule has 0 aliphatic heterocycles. The Morgan fingerprint density at radius 1 is 0.967 bits per heavy atom. The fourth-order valence-corrected chi connectivity index (χ4v) is 3.35. The maximum absolute atomic E-state index is 12.6. The van der Waals surface area contributed by atoms with Gasteiger partial charge in [0.05, 0.1) is 5.39 Å². The van der Waals surface area contributed by atoms with Gasteiger partial charge in [0.15, 0.2) is 0 Å². The van der Waals surface area contributed by atoms with E-state index in [9.17, 15) is 14.4 Å². The SMILES string of the molecule is Cc1ccc(-c2cccc(CNC(=O)c3cc(C)c4c(=O)[nH]c(=O)[nH]c4n3)c2)cc1. The zero-order valence-electron chi connectivity index (χ0n) is 16.6. The smallest absolute Gasteiger partial charge is 0.327 e. The molecule has 4 rings (SSSR count). The lowest BCUT2D eigenvalue weighted by molar-refractivity contribution is 0.0946. The Morgan fingerprint density at radius 2 is 1.73 bits per heavy atom. The first-order chi connectivity index (χ1) is 14.4. The van der Waals surface area contributed by atoms with Crippen molar-refractivity contribution in [2.45, 2.75) is 20.4 Å². The number of benzene rings is 2. The van der Waals surface area contributed by atoms with Gasteiger partial charge >= 0.3 is 5.69 Å². The Morgan fingerprint density at radius 3 is 2.50 bits per heavy atom. The third-order valence-corrected chi connectivity index (χ3v) is 4.90. The molecule has 0 aliphatic carbocycles. The van der Waals surface area contributed by atoms with E-state index >= 15 is 0 Å². The summed E-state index contributed by atoms with van der Waals surface area (Å²) in [5, 5.41) is 3.11. The van der Waals surface area contributed by atoms with Crippen LogP contribution in [-0.4, -0.2) is 20.9 Å². The lowest BCUT2D eigenvalue weighted by Crippen LogP contribution is -2.26. The molecule has 0 atom stereocenters. The van der Waals surface area contributed by atoms with Gasteiger partial charge < -0.3 is 5.32 Å². The zero-order chi connectivity index (χ0) is 21.3. The number of nitrogens with one attached hydrogen (secondary N) is 3. The minimum Gasteiger partial charge on any atom is -0.347 e. The van der Waals surface area contributed by atoms with Crippen molar-refractivity contribution in [1.82, 2.24) is 20.3 Å². The number of H-pyrrole nitrogens is 2. The molecular weight excluding hydrogens is 380 g/mol. The first-order valence-electron chi connectivity index (χ1n) is 9.49. The summed E-state index contributed by atoms with van der Waals surface area (Å²) in [6.07, 6.45) is 0. The molecule has 30 heavy (non-hydrogen) atoms. The van der Waals surface area contributed by atoms with Gasteiger partial charge in [0, 0.05) is 6.54 Å². The van der Waals surface area contributed by atoms with Gasteiger partial charge in [-0.1, -0.05) is 48.0 Å². The topological polar surface area (TPSA) is 108 Å². The summed E-state index contributed by atoms with van der Waals surface area (Å²) < 4.78 is 0. The zero-order valence-corrected chi connectivity index (χ0v) is 16.6. The Kier molecular flexibility index (Phi) is 5.02. The monoisotopic (exact) mass is 400 g/mol. The molecule has 0 unspecified atom stereocenters. The molecule has 0 saturated heterocycles. The number of aromatic nitrogens is 3. The molecule has 0 spiro atoms. The number of carbonyl (C=O) groups is 1. The molecule has 0 fully saturated rings. The summed E-state index contributed by atoms with van der Waals surface area (Å²) >= 11 is 0. The van der Waals surface area contributed by atoms with Crippen LogP contribution in [0.5, 0.6) is 0 Å². The van der Waals surface area contributed by atoms with E-state index < -0.39 is 11.2 Å². The van der Waals surface area contributed by atoms with Crippen LogP contribution in [0.4, 0.5) is 0 Å². The highest BCUT2D eigenvalue weighted by Crippen LogP contribution is 2.21. The summed E-state index contributed by atoms with van der Waals surface area (Å²) in [5.74, 6) is -0.387. The Balaban J connectivity index is 1.55. The Bertz CT molecular complexity index is 1370. The number of rotatable bonds is 4. The standard InChI is InChI=1S/C23H20N4O3/c1-13-6-8-16(9-7-13)17-5-3-4-15(11-17)12-24-21(28)18-10-14(2)19-20(25-18)26-23(30)27-22(19)29/h3-11H,12H2,1-2H3,(H,24,28)(H2,25,26,27,29,30). The van der Waals surface area contributed by atoms with Crippen LogP contribution in [0, 0.1) is 13.8 Å².